The molecule has 0 fully saturated rings. The molecule has 1 heterocycles. The highest BCUT2D eigenvalue weighted by molar-refractivity contribution is 9.10. The van der Waals surface area contributed by atoms with E-state index in [2.05, 4.69) is 21.2 Å². The van der Waals surface area contributed by atoms with Gasteiger partial charge in [0.05, 0.1) is 22.8 Å². The molecule has 1 aliphatic heterocycles. The number of imide groups is 1. The van der Waals surface area contributed by atoms with Crippen LogP contribution in [0.4, 0.5) is 5.69 Å². The van der Waals surface area contributed by atoms with Crippen LogP contribution in [0.2, 0.25) is 0 Å². The average molecular weight is 398 g/mol. The Morgan fingerprint density at radius 2 is 1.76 bits per heavy atom. The summed E-state index contributed by atoms with van der Waals surface area (Å²) in [5, 5.41) is 11.4. The summed E-state index contributed by atoms with van der Waals surface area (Å²) in [6, 6.07) is 13.3. The molecule has 0 aromatic heterocycles. The van der Waals surface area contributed by atoms with E-state index >= 15 is 0 Å². The molecule has 25 heavy (non-hydrogen) atoms. The monoisotopic (exact) mass is 397 g/mol. The van der Waals surface area contributed by atoms with Crippen molar-refractivity contribution in [2.75, 3.05) is 11.9 Å². The first-order chi connectivity index (χ1) is 12.0. The number of nitriles is 1. The van der Waals surface area contributed by atoms with Gasteiger partial charge in [0.25, 0.3) is 11.8 Å². The summed E-state index contributed by atoms with van der Waals surface area (Å²) in [4.78, 5) is 37.7. The van der Waals surface area contributed by atoms with E-state index in [1.54, 1.807) is 42.5 Å². The Bertz CT molecular complexity index is 916. The minimum Gasteiger partial charge on any atom is -0.326 e. The van der Waals surface area contributed by atoms with E-state index < -0.39 is 11.8 Å². The Morgan fingerprint density at radius 1 is 1.08 bits per heavy atom. The van der Waals surface area contributed by atoms with Crippen LogP contribution in [0.5, 0.6) is 0 Å². The SMILES string of the molecule is N#Cc1ccc(NC(=O)CCN2C(=O)c3ccc(Br)cc3C2=O)cc1. The van der Waals surface area contributed by atoms with Gasteiger partial charge in [-0.05, 0) is 42.5 Å². The van der Waals surface area contributed by atoms with Crippen molar-refractivity contribution < 1.29 is 14.4 Å². The van der Waals surface area contributed by atoms with Crippen molar-refractivity contribution in [1.82, 2.24) is 4.90 Å². The number of hydrogen-bond acceptors (Lipinski definition) is 4. The first kappa shape index (κ1) is 16.9. The van der Waals surface area contributed by atoms with E-state index in [1.165, 1.54) is 0 Å². The standard InChI is InChI=1S/C18H12BrN3O3/c19-12-3-6-14-15(9-12)18(25)22(17(14)24)8-7-16(23)21-13-4-1-11(10-20)2-5-13/h1-6,9H,7-8H2,(H,21,23). The highest BCUT2D eigenvalue weighted by Gasteiger charge is 2.35. The molecule has 0 saturated carbocycles. The molecule has 0 bridgehead atoms. The second kappa shape index (κ2) is 6.87. The van der Waals surface area contributed by atoms with E-state index in [1.807, 2.05) is 6.07 Å². The van der Waals surface area contributed by atoms with Crippen molar-refractivity contribution in [3.05, 3.63) is 63.6 Å². The zero-order chi connectivity index (χ0) is 18.0. The van der Waals surface area contributed by atoms with Crippen molar-refractivity contribution in [3.63, 3.8) is 0 Å². The van der Waals surface area contributed by atoms with E-state index in [9.17, 15) is 14.4 Å². The molecule has 0 aliphatic carbocycles. The number of nitrogens with zero attached hydrogens (tertiary/aromatic N) is 2. The van der Waals surface area contributed by atoms with Gasteiger partial charge < -0.3 is 5.32 Å². The number of amides is 3. The van der Waals surface area contributed by atoms with Crippen molar-refractivity contribution in [2.45, 2.75) is 6.42 Å². The summed E-state index contributed by atoms with van der Waals surface area (Å²) in [7, 11) is 0. The number of hydrogen-bond donors (Lipinski definition) is 1. The van der Waals surface area contributed by atoms with Gasteiger partial charge in [-0.15, -0.1) is 0 Å². The topological polar surface area (TPSA) is 90.3 Å². The number of carbonyl (C=O) groups excluding carboxylic acids is 3. The quantitative estimate of drug-likeness (QED) is 0.802. The number of anilines is 1. The third kappa shape index (κ3) is 3.44. The van der Waals surface area contributed by atoms with Crippen molar-refractivity contribution in [3.8, 4) is 6.07 Å². The van der Waals surface area contributed by atoms with Crippen molar-refractivity contribution in [2.24, 2.45) is 0 Å². The van der Waals surface area contributed by atoms with Gasteiger partial charge in [-0.3, -0.25) is 19.3 Å². The van der Waals surface area contributed by atoms with Gasteiger partial charge in [-0.1, -0.05) is 15.9 Å². The predicted octanol–water partition coefficient (Wildman–Crippen LogP) is 2.95. The molecular weight excluding hydrogens is 386 g/mol. The minimum atomic E-state index is -0.396. The third-order valence-electron chi connectivity index (χ3n) is 3.79. The maximum Gasteiger partial charge on any atom is 0.261 e. The molecule has 3 rings (SSSR count). The second-order valence-corrected chi connectivity index (χ2v) is 6.35. The lowest BCUT2D eigenvalue weighted by molar-refractivity contribution is -0.116. The summed E-state index contributed by atoms with van der Waals surface area (Å²) in [6.45, 7) is 0.00603. The third-order valence-corrected chi connectivity index (χ3v) is 4.29. The van der Waals surface area contributed by atoms with Gasteiger partial charge in [-0.25, -0.2) is 0 Å². The summed E-state index contributed by atoms with van der Waals surface area (Å²) in [6.07, 6.45) is -0.00730. The Kier molecular flexibility index (Phi) is 4.63. The first-order valence-corrected chi connectivity index (χ1v) is 8.24. The number of rotatable bonds is 4. The Morgan fingerprint density at radius 3 is 2.44 bits per heavy atom. The number of benzene rings is 2. The molecule has 6 nitrogen and oxygen atoms in total. The van der Waals surface area contributed by atoms with Crippen molar-refractivity contribution in [1.29, 1.82) is 5.26 Å². The van der Waals surface area contributed by atoms with Gasteiger partial charge in [-0.2, -0.15) is 5.26 Å². The number of fused-ring (bicyclic) bond motifs is 1. The largest absolute Gasteiger partial charge is 0.326 e. The molecule has 2 aromatic carbocycles. The highest BCUT2D eigenvalue weighted by Crippen LogP contribution is 2.26. The van der Waals surface area contributed by atoms with Crippen LogP contribution in [-0.2, 0) is 4.79 Å². The van der Waals surface area contributed by atoms with E-state index in [4.69, 9.17) is 5.26 Å². The molecule has 1 aliphatic rings. The molecule has 3 amide bonds. The summed E-state index contributed by atoms with van der Waals surface area (Å²) in [5.74, 6) is -1.10. The second-order valence-electron chi connectivity index (χ2n) is 5.44. The molecule has 0 saturated heterocycles. The zero-order valence-electron chi connectivity index (χ0n) is 13.0. The fourth-order valence-corrected chi connectivity index (χ4v) is 2.89. The zero-order valence-corrected chi connectivity index (χ0v) is 14.5. The lowest BCUT2D eigenvalue weighted by Gasteiger charge is -2.13. The Hall–Kier alpha value is -2.98. The smallest absolute Gasteiger partial charge is 0.261 e. The first-order valence-electron chi connectivity index (χ1n) is 7.45. The summed E-state index contributed by atoms with van der Waals surface area (Å²) >= 11 is 3.28. The minimum absolute atomic E-state index is 0.00603. The Balaban J connectivity index is 1.62. The fourth-order valence-electron chi connectivity index (χ4n) is 2.53. The van der Waals surface area contributed by atoms with Crippen LogP contribution in [0, 0.1) is 11.3 Å². The molecule has 2 aromatic rings. The molecule has 1 N–H and O–H groups in total. The van der Waals surface area contributed by atoms with Crippen LogP contribution in [-0.4, -0.2) is 29.2 Å². The van der Waals surface area contributed by atoms with Crippen LogP contribution >= 0.6 is 15.9 Å². The molecule has 0 spiro atoms. The average Bonchev–Trinajstić information content (AvgIpc) is 2.84. The lowest BCUT2D eigenvalue weighted by atomic mass is 10.1. The lowest BCUT2D eigenvalue weighted by Crippen LogP contribution is -2.32. The predicted molar refractivity (Wildman–Crippen MR) is 93.9 cm³/mol. The maximum atomic E-state index is 12.3. The number of halogens is 1. The van der Waals surface area contributed by atoms with Gasteiger partial charge in [0.15, 0.2) is 0 Å². The Labute approximate surface area is 152 Å². The van der Waals surface area contributed by atoms with E-state index in [0.29, 0.717) is 26.9 Å². The van der Waals surface area contributed by atoms with Gasteiger partial charge in [0, 0.05) is 23.1 Å². The molecule has 0 unspecified atom stereocenters. The van der Waals surface area contributed by atoms with Crippen molar-refractivity contribution >= 4 is 39.3 Å². The van der Waals surface area contributed by atoms with Crippen LogP contribution in [0.25, 0.3) is 0 Å². The highest BCUT2D eigenvalue weighted by atomic mass is 79.9. The number of carbonyl (C=O) groups is 3. The van der Waals surface area contributed by atoms with Gasteiger partial charge >= 0.3 is 0 Å². The van der Waals surface area contributed by atoms with Crippen LogP contribution < -0.4 is 5.32 Å². The van der Waals surface area contributed by atoms with E-state index in [0.717, 1.165) is 4.90 Å². The van der Waals surface area contributed by atoms with E-state index in [-0.39, 0.29) is 18.9 Å². The maximum absolute atomic E-state index is 12.3. The molecular formula is C18H12BrN3O3. The summed E-state index contributed by atoms with van der Waals surface area (Å²) in [5.41, 5.74) is 1.73. The molecule has 7 heteroatoms. The summed E-state index contributed by atoms with van der Waals surface area (Å²) < 4.78 is 0.716. The molecule has 124 valence electrons. The normalized spacial score (nSPS) is 12.7. The fraction of sp³-hybridized carbons (Fsp3) is 0.111. The molecule has 0 atom stereocenters. The molecule has 0 radical (unpaired) electrons. The van der Waals surface area contributed by atoms with Crippen LogP contribution in [0.1, 0.15) is 32.7 Å². The van der Waals surface area contributed by atoms with Gasteiger partial charge in [0.2, 0.25) is 5.91 Å². The number of nitrogens with one attached hydrogen (secondary N) is 1. The van der Waals surface area contributed by atoms with Gasteiger partial charge in [0.1, 0.15) is 0 Å². The van der Waals surface area contributed by atoms with Crippen LogP contribution in [0.15, 0.2) is 46.9 Å². The van der Waals surface area contributed by atoms with Crippen LogP contribution in [0.3, 0.4) is 0 Å².